The van der Waals surface area contributed by atoms with Crippen molar-refractivity contribution >= 4 is 29.5 Å². The van der Waals surface area contributed by atoms with Crippen molar-refractivity contribution in [2.24, 2.45) is 5.92 Å². The third-order valence-electron chi connectivity index (χ3n) is 5.59. The van der Waals surface area contributed by atoms with E-state index in [1.807, 2.05) is 80.4 Å². The number of ether oxygens (including phenoxy) is 1. The molecule has 1 aromatic heterocycles. The molecule has 3 aromatic rings. The van der Waals surface area contributed by atoms with E-state index >= 15 is 0 Å². The van der Waals surface area contributed by atoms with Crippen molar-refractivity contribution in [3.8, 4) is 0 Å². The molecular weight excluding hydrogens is 414 g/mol. The number of rotatable bonds is 9. The number of aromatic nitrogens is 2. The molecule has 0 radical (unpaired) electrons. The van der Waals surface area contributed by atoms with Crippen LogP contribution in [0.2, 0.25) is 0 Å². The van der Waals surface area contributed by atoms with Gasteiger partial charge in [0.25, 0.3) is 0 Å². The first kappa shape index (κ1) is 23.9. The van der Waals surface area contributed by atoms with Crippen LogP contribution in [0.1, 0.15) is 39.9 Å². The van der Waals surface area contributed by atoms with Crippen LogP contribution in [0.4, 0.5) is 11.6 Å². The van der Waals surface area contributed by atoms with Crippen molar-refractivity contribution < 1.29 is 14.3 Å². The number of nitrogens with zero attached hydrogens (tertiary/aromatic N) is 3. The molecule has 0 fully saturated rings. The van der Waals surface area contributed by atoms with Crippen LogP contribution in [-0.4, -0.2) is 35.9 Å². The lowest BCUT2D eigenvalue weighted by Gasteiger charge is -2.16. The Hall–Kier alpha value is -3.80. The summed E-state index contributed by atoms with van der Waals surface area (Å²) in [5.74, 6) is -0.322. The Morgan fingerprint density at radius 2 is 1.64 bits per heavy atom. The standard InChI is InChI=1S/C27H29N3O3/c1-19-8-5-9-20(2)25(19)24(31)18-22(26(32)33-4)11-6-10-21-12-14-23(15-13-21)30(3)27-28-16-7-17-29-27/h5-10,12-17,22H,11,18H2,1-4H3/b10-6+. The third-order valence-corrected chi connectivity index (χ3v) is 5.59. The Morgan fingerprint density at radius 3 is 2.24 bits per heavy atom. The molecule has 0 aliphatic carbocycles. The van der Waals surface area contributed by atoms with Gasteiger partial charge in [0.2, 0.25) is 5.95 Å². The number of allylic oxidation sites excluding steroid dienone is 1. The number of carbonyl (C=O) groups is 2. The number of carbonyl (C=O) groups excluding carboxylic acids is 2. The number of hydrogen-bond donors (Lipinski definition) is 0. The lowest BCUT2D eigenvalue weighted by atomic mass is 9.91. The maximum atomic E-state index is 12.9. The van der Waals surface area contributed by atoms with Gasteiger partial charge in [-0.25, -0.2) is 9.97 Å². The average molecular weight is 444 g/mol. The largest absolute Gasteiger partial charge is 0.469 e. The van der Waals surface area contributed by atoms with Crippen molar-refractivity contribution in [1.82, 2.24) is 9.97 Å². The van der Waals surface area contributed by atoms with Crippen molar-refractivity contribution in [2.75, 3.05) is 19.1 Å². The zero-order valence-electron chi connectivity index (χ0n) is 19.5. The van der Waals surface area contributed by atoms with E-state index in [2.05, 4.69) is 9.97 Å². The first-order valence-corrected chi connectivity index (χ1v) is 10.8. The summed E-state index contributed by atoms with van der Waals surface area (Å²) in [4.78, 5) is 35.7. The maximum Gasteiger partial charge on any atom is 0.309 e. The topological polar surface area (TPSA) is 72.4 Å². The molecule has 0 aliphatic rings. The second-order valence-electron chi connectivity index (χ2n) is 7.95. The van der Waals surface area contributed by atoms with Gasteiger partial charge in [-0.3, -0.25) is 9.59 Å². The van der Waals surface area contributed by atoms with E-state index in [1.54, 1.807) is 18.5 Å². The lowest BCUT2D eigenvalue weighted by molar-refractivity contribution is -0.145. The number of esters is 1. The smallest absolute Gasteiger partial charge is 0.309 e. The minimum absolute atomic E-state index is 0.0371. The van der Waals surface area contributed by atoms with Gasteiger partial charge in [0.1, 0.15) is 0 Å². The van der Waals surface area contributed by atoms with Gasteiger partial charge in [-0.05, 0) is 55.2 Å². The van der Waals surface area contributed by atoms with Gasteiger partial charge in [-0.15, -0.1) is 0 Å². The van der Waals surface area contributed by atoms with Gasteiger partial charge in [0.15, 0.2) is 5.78 Å². The number of hydrogen-bond acceptors (Lipinski definition) is 6. The second-order valence-corrected chi connectivity index (χ2v) is 7.95. The Morgan fingerprint density at radius 1 is 1.00 bits per heavy atom. The molecule has 2 aromatic carbocycles. The van der Waals surface area contributed by atoms with E-state index in [9.17, 15) is 9.59 Å². The molecule has 33 heavy (non-hydrogen) atoms. The van der Waals surface area contributed by atoms with Crippen LogP contribution in [0.3, 0.4) is 0 Å². The molecule has 1 heterocycles. The van der Waals surface area contributed by atoms with E-state index in [4.69, 9.17) is 4.74 Å². The summed E-state index contributed by atoms with van der Waals surface area (Å²) in [6, 6.07) is 15.5. The molecule has 1 atom stereocenters. The van der Waals surface area contributed by atoms with Gasteiger partial charge in [0.05, 0.1) is 13.0 Å². The van der Waals surface area contributed by atoms with E-state index in [0.717, 1.165) is 22.4 Å². The molecule has 6 heteroatoms. The SMILES string of the molecule is COC(=O)C(C/C=C/c1ccc(N(C)c2ncccn2)cc1)CC(=O)c1c(C)cccc1C. The quantitative estimate of drug-likeness (QED) is 0.329. The summed E-state index contributed by atoms with van der Waals surface area (Å²) < 4.78 is 4.95. The monoisotopic (exact) mass is 443 g/mol. The first-order valence-electron chi connectivity index (χ1n) is 10.8. The highest BCUT2D eigenvalue weighted by atomic mass is 16.5. The van der Waals surface area contributed by atoms with E-state index in [0.29, 0.717) is 17.9 Å². The van der Waals surface area contributed by atoms with E-state index < -0.39 is 5.92 Å². The summed E-state index contributed by atoms with van der Waals surface area (Å²) >= 11 is 0. The molecule has 0 saturated heterocycles. The second kappa shape index (κ2) is 11.2. The minimum Gasteiger partial charge on any atom is -0.469 e. The Balaban J connectivity index is 1.66. The number of aryl methyl sites for hydroxylation is 2. The highest BCUT2D eigenvalue weighted by Gasteiger charge is 2.23. The maximum absolute atomic E-state index is 12.9. The van der Waals surface area contributed by atoms with Crippen LogP contribution in [0.5, 0.6) is 0 Å². The highest BCUT2D eigenvalue weighted by Crippen LogP contribution is 2.23. The Bertz CT molecular complexity index is 1100. The number of ketones is 1. The zero-order chi connectivity index (χ0) is 23.8. The van der Waals surface area contributed by atoms with E-state index in [1.165, 1.54) is 7.11 Å². The normalized spacial score (nSPS) is 11.9. The zero-order valence-corrected chi connectivity index (χ0v) is 19.5. The van der Waals surface area contributed by atoms with Crippen LogP contribution in [-0.2, 0) is 9.53 Å². The van der Waals surface area contributed by atoms with Crippen LogP contribution in [0, 0.1) is 19.8 Å². The van der Waals surface area contributed by atoms with Crippen LogP contribution < -0.4 is 4.90 Å². The fraction of sp³-hybridized carbons (Fsp3) is 0.259. The summed E-state index contributed by atoms with van der Waals surface area (Å²) in [6.45, 7) is 3.83. The molecular formula is C27H29N3O3. The fourth-order valence-corrected chi connectivity index (χ4v) is 3.77. The van der Waals surface area contributed by atoms with Crippen molar-refractivity contribution in [3.05, 3.63) is 89.3 Å². The molecule has 0 N–H and O–H groups in total. The predicted molar refractivity (Wildman–Crippen MR) is 131 cm³/mol. The van der Waals surface area contributed by atoms with Gasteiger partial charge < -0.3 is 9.64 Å². The molecule has 0 spiro atoms. The fourth-order valence-electron chi connectivity index (χ4n) is 3.77. The average Bonchev–Trinajstić information content (AvgIpc) is 2.83. The number of Topliss-reactive ketones (excluding diaryl/α,β-unsaturated/α-hetero) is 1. The van der Waals surface area contributed by atoms with Gasteiger partial charge in [0, 0.05) is 37.1 Å². The number of anilines is 2. The van der Waals surface area contributed by atoms with E-state index in [-0.39, 0.29) is 18.2 Å². The van der Waals surface area contributed by atoms with Crippen LogP contribution in [0.25, 0.3) is 6.08 Å². The Labute approximate surface area is 195 Å². The predicted octanol–water partition coefficient (Wildman–Crippen LogP) is 5.33. The minimum atomic E-state index is -0.529. The third kappa shape index (κ3) is 6.13. The van der Waals surface area contributed by atoms with Gasteiger partial charge in [-0.2, -0.15) is 0 Å². The highest BCUT2D eigenvalue weighted by molar-refractivity contribution is 6.00. The lowest BCUT2D eigenvalue weighted by Crippen LogP contribution is -2.20. The molecule has 6 nitrogen and oxygen atoms in total. The van der Waals surface area contributed by atoms with Gasteiger partial charge >= 0.3 is 5.97 Å². The molecule has 3 rings (SSSR count). The molecule has 0 bridgehead atoms. The van der Waals surface area contributed by atoms with Crippen LogP contribution >= 0.6 is 0 Å². The van der Waals surface area contributed by atoms with Crippen molar-refractivity contribution in [2.45, 2.75) is 26.7 Å². The number of methoxy groups -OCH3 is 1. The summed E-state index contributed by atoms with van der Waals surface area (Å²) in [5.41, 5.74) is 4.49. The molecule has 0 aliphatic heterocycles. The molecule has 170 valence electrons. The number of benzene rings is 2. The van der Waals surface area contributed by atoms with Crippen molar-refractivity contribution in [3.63, 3.8) is 0 Å². The van der Waals surface area contributed by atoms with Gasteiger partial charge in [-0.1, -0.05) is 42.5 Å². The molecule has 1 unspecified atom stereocenters. The molecule has 0 saturated carbocycles. The van der Waals surface area contributed by atoms with Crippen molar-refractivity contribution in [1.29, 1.82) is 0 Å². The molecule has 0 amide bonds. The first-order chi connectivity index (χ1) is 15.9. The summed E-state index contributed by atoms with van der Waals surface area (Å²) in [6.07, 6.45) is 7.81. The Kier molecular flexibility index (Phi) is 8.08. The van der Waals surface area contributed by atoms with Crippen LogP contribution in [0.15, 0.2) is 67.0 Å². The summed E-state index contributed by atoms with van der Waals surface area (Å²) in [5, 5.41) is 0. The summed E-state index contributed by atoms with van der Waals surface area (Å²) in [7, 11) is 3.27.